The number of halogens is 3. The molecular formula is C22H15F3N2O4. The Hall–Kier alpha value is -3.88. The lowest BCUT2D eigenvalue weighted by Gasteiger charge is -2.09. The van der Waals surface area contributed by atoms with Crippen molar-refractivity contribution < 1.29 is 31.6 Å². The molecule has 0 aliphatic heterocycles. The van der Waals surface area contributed by atoms with Crippen molar-refractivity contribution >= 4 is 5.97 Å². The van der Waals surface area contributed by atoms with Crippen LogP contribution in [0.5, 0.6) is 0 Å². The van der Waals surface area contributed by atoms with Crippen LogP contribution >= 0.6 is 0 Å². The molecule has 31 heavy (non-hydrogen) atoms. The van der Waals surface area contributed by atoms with Crippen LogP contribution in [0.15, 0.2) is 75.9 Å². The number of nitrogens with zero attached hydrogens (tertiary/aromatic N) is 2. The largest absolute Gasteiger partial charge is 0.457 e. The highest BCUT2D eigenvalue weighted by atomic mass is 19.4. The lowest BCUT2D eigenvalue weighted by atomic mass is 10.1. The Morgan fingerprint density at radius 2 is 1.77 bits per heavy atom. The van der Waals surface area contributed by atoms with E-state index in [1.165, 1.54) is 25.3 Å². The van der Waals surface area contributed by atoms with Gasteiger partial charge in [0.1, 0.15) is 0 Å². The number of ether oxygens (including phenoxy) is 1. The van der Waals surface area contributed by atoms with Crippen LogP contribution in [0.4, 0.5) is 13.2 Å². The molecular weight excluding hydrogens is 413 g/mol. The summed E-state index contributed by atoms with van der Waals surface area (Å²) in [5, 5.41) is 3.70. The molecule has 1 unspecified atom stereocenters. The van der Waals surface area contributed by atoms with Gasteiger partial charge in [-0.15, -0.1) is 0 Å². The van der Waals surface area contributed by atoms with Gasteiger partial charge in [0, 0.05) is 11.1 Å². The summed E-state index contributed by atoms with van der Waals surface area (Å²) >= 11 is 0. The van der Waals surface area contributed by atoms with Gasteiger partial charge in [0.2, 0.25) is 11.6 Å². The molecule has 6 nitrogen and oxygen atoms in total. The van der Waals surface area contributed by atoms with Gasteiger partial charge >= 0.3 is 12.1 Å². The Morgan fingerprint density at radius 1 is 1.03 bits per heavy atom. The molecule has 0 aliphatic carbocycles. The molecule has 0 fully saturated rings. The van der Waals surface area contributed by atoms with Crippen LogP contribution in [0.1, 0.15) is 35.0 Å². The number of hydrogen-bond donors (Lipinski definition) is 0. The maximum atomic E-state index is 12.9. The van der Waals surface area contributed by atoms with Gasteiger partial charge in [-0.2, -0.15) is 18.2 Å². The molecule has 2 aromatic carbocycles. The third kappa shape index (κ3) is 4.35. The van der Waals surface area contributed by atoms with Crippen molar-refractivity contribution in [2.24, 2.45) is 0 Å². The standard InChI is InChI=1S/C22H15F3N2O4/c1-13(30-21(28)18-17(10-11-29-18)14-6-3-2-4-7-14)20-26-19(27-31-20)15-8-5-9-16(12-15)22(23,24)25/h2-13H,1H3. The average molecular weight is 428 g/mol. The predicted octanol–water partition coefficient (Wildman–Crippen LogP) is 5.93. The molecule has 9 heteroatoms. The second kappa shape index (κ2) is 8.10. The predicted molar refractivity (Wildman–Crippen MR) is 103 cm³/mol. The molecule has 1 atom stereocenters. The summed E-state index contributed by atoms with van der Waals surface area (Å²) in [6.45, 7) is 1.51. The van der Waals surface area contributed by atoms with Crippen LogP contribution in [0.25, 0.3) is 22.5 Å². The molecule has 4 aromatic rings. The van der Waals surface area contributed by atoms with Gasteiger partial charge in [0.25, 0.3) is 5.89 Å². The maximum Gasteiger partial charge on any atom is 0.416 e. The number of carbonyl (C=O) groups excluding carboxylic acids is 1. The van der Waals surface area contributed by atoms with Gasteiger partial charge in [-0.25, -0.2) is 4.79 Å². The van der Waals surface area contributed by atoms with Crippen molar-refractivity contribution in [3.8, 4) is 22.5 Å². The Bertz CT molecular complexity index is 1200. The van der Waals surface area contributed by atoms with E-state index in [1.807, 2.05) is 30.3 Å². The monoisotopic (exact) mass is 428 g/mol. The highest BCUT2D eigenvalue weighted by Crippen LogP contribution is 2.32. The van der Waals surface area contributed by atoms with E-state index in [9.17, 15) is 18.0 Å². The fourth-order valence-electron chi connectivity index (χ4n) is 2.93. The number of aromatic nitrogens is 2. The first-order valence-corrected chi connectivity index (χ1v) is 9.18. The van der Waals surface area contributed by atoms with Gasteiger partial charge in [0.05, 0.1) is 11.8 Å². The number of hydrogen-bond acceptors (Lipinski definition) is 6. The van der Waals surface area contributed by atoms with E-state index in [0.717, 1.165) is 17.7 Å². The van der Waals surface area contributed by atoms with Crippen LogP contribution in [0.2, 0.25) is 0 Å². The summed E-state index contributed by atoms with van der Waals surface area (Å²) in [4.78, 5) is 16.7. The Kier molecular flexibility index (Phi) is 5.33. The summed E-state index contributed by atoms with van der Waals surface area (Å²) < 4.78 is 54.5. The molecule has 2 heterocycles. The van der Waals surface area contributed by atoms with Gasteiger partial charge < -0.3 is 13.7 Å². The topological polar surface area (TPSA) is 78.4 Å². The van der Waals surface area contributed by atoms with Crippen LogP contribution in [0, 0.1) is 0 Å². The van der Waals surface area contributed by atoms with Crippen LogP contribution in [-0.2, 0) is 10.9 Å². The SMILES string of the molecule is CC(OC(=O)c1occc1-c1ccccc1)c1nc(-c2cccc(C(F)(F)F)c2)no1. The maximum absolute atomic E-state index is 12.9. The summed E-state index contributed by atoms with van der Waals surface area (Å²) in [5.41, 5.74) is 0.635. The molecule has 0 N–H and O–H groups in total. The molecule has 0 saturated carbocycles. The first kappa shape index (κ1) is 20.4. The quantitative estimate of drug-likeness (QED) is 0.367. The first-order valence-electron chi connectivity index (χ1n) is 9.18. The number of carbonyl (C=O) groups is 1. The summed E-state index contributed by atoms with van der Waals surface area (Å²) in [5.74, 6) is -0.841. The number of esters is 1. The summed E-state index contributed by atoms with van der Waals surface area (Å²) in [7, 11) is 0. The zero-order valence-corrected chi connectivity index (χ0v) is 16.1. The van der Waals surface area contributed by atoms with E-state index in [1.54, 1.807) is 6.07 Å². The van der Waals surface area contributed by atoms with E-state index in [-0.39, 0.29) is 23.0 Å². The molecule has 0 spiro atoms. The normalized spacial score (nSPS) is 12.5. The third-order valence-electron chi connectivity index (χ3n) is 4.46. The Labute approximate surface area is 174 Å². The zero-order valence-electron chi connectivity index (χ0n) is 16.1. The number of benzene rings is 2. The minimum Gasteiger partial charge on any atom is -0.457 e. The van der Waals surface area contributed by atoms with E-state index < -0.39 is 23.8 Å². The van der Waals surface area contributed by atoms with E-state index in [4.69, 9.17) is 13.7 Å². The van der Waals surface area contributed by atoms with Gasteiger partial charge in [-0.05, 0) is 30.7 Å². The molecule has 158 valence electrons. The average Bonchev–Trinajstić information content (AvgIpc) is 3.44. The van der Waals surface area contributed by atoms with Crippen LogP contribution in [0.3, 0.4) is 0 Å². The lowest BCUT2D eigenvalue weighted by molar-refractivity contribution is -0.137. The lowest BCUT2D eigenvalue weighted by Crippen LogP contribution is -2.09. The Balaban J connectivity index is 1.51. The molecule has 0 bridgehead atoms. The molecule has 0 aliphatic rings. The van der Waals surface area contributed by atoms with E-state index >= 15 is 0 Å². The van der Waals surface area contributed by atoms with Crippen molar-refractivity contribution in [2.45, 2.75) is 19.2 Å². The third-order valence-corrected chi connectivity index (χ3v) is 4.46. The molecule has 0 saturated heterocycles. The summed E-state index contributed by atoms with van der Waals surface area (Å²) in [6.07, 6.45) is -4.07. The fraction of sp³-hybridized carbons (Fsp3) is 0.136. The number of alkyl halides is 3. The first-order chi connectivity index (χ1) is 14.8. The van der Waals surface area contributed by atoms with Crippen LogP contribution in [-0.4, -0.2) is 16.1 Å². The minimum absolute atomic E-state index is 0.00988. The molecule has 4 rings (SSSR count). The van der Waals surface area contributed by atoms with Crippen molar-refractivity contribution in [1.82, 2.24) is 10.1 Å². The van der Waals surface area contributed by atoms with E-state index in [0.29, 0.717) is 5.56 Å². The number of rotatable bonds is 5. The minimum atomic E-state index is -4.50. The van der Waals surface area contributed by atoms with Crippen molar-refractivity contribution in [2.75, 3.05) is 0 Å². The van der Waals surface area contributed by atoms with Crippen molar-refractivity contribution in [3.05, 3.63) is 84.1 Å². The highest BCUT2D eigenvalue weighted by molar-refractivity contribution is 5.94. The second-order valence-corrected chi connectivity index (χ2v) is 6.61. The summed E-state index contributed by atoms with van der Waals surface area (Å²) in [6, 6.07) is 15.3. The number of furan rings is 1. The highest BCUT2D eigenvalue weighted by Gasteiger charge is 2.31. The zero-order chi connectivity index (χ0) is 22.0. The molecule has 2 aromatic heterocycles. The second-order valence-electron chi connectivity index (χ2n) is 6.61. The van der Waals surface area contributed by atoms with Crippen molar-refractivity contribution in [1.29, 1.82) is 0 Å². The van der Waals surface area contributed by atoms with Crippen molar-refractivity contribution in [3.63, 3.8) is 0 Å². The van der Waals surface area contributed by atoms with E-state index in [2.05, 4.69) is 10.1 Å². The fourth-order valence-corrected chi connectivity index (χ4v) is 2.93. The Morgan fingerprint density at radius 3 is 2.52 bits per heavy atom. The van der Waals surface area contributed by atoms with Gasteiger partial charge in [0.15, 0.2) is 6.10 Å². The van der Waals surface area contributed by atoms with Gasteiger partial charge in [-0.1, -0.05) is 47.6 Å². The smallest absolute Gasteiger partial charge is 0.416 e. The van der Waals surface area contributed by atoms with Crippen LogP contribution < -0.4 is 0 Å². The molecule has 0 radical (unpaired) electrons. The van der Waals surface area contributed by atoms with Gasteiger partial charge in [-0.3, -0.25) is 0 Å². The molecule has 0 amide bonds.